The Kier molecular flexibility index (Phi) is 4.53. The van der Waals surface area contributed by atoms with E-state index >= 15 is 0 Å². The minimum atomic E-state index is -4.39. The summed E-state index contributed by atoms with van der Waals surface area (Å²) in [7, 11) is 0. The molecule has 0 atom stereocenters. The number of hydrogen-bond donors (Lipinski definition) is 1. The van der Waals surface area contributed by atoms with Gasteiger partial charge in [0, 0.05) is 31.9 Å². The molecule has 0 radical (unpaired) electrons. The Morgan fingerprint density at radius 3 is 2.38 bits per heavy atom. The van der Waals surface area contributed by atoms with Crippen molar-refractivity contribution < 1.29 is 18.1 Å². The third-order valence-corrected chi connectivity index (χ3v) is 4.08. The van der Waals surface area contributed by atoms with E-state index in [9.17, 15) is 23.3 Å². The number of nitrogens with zero attached hydrogens (tertiary/aromatic N) is 5. The molecule has 8 nitrogen and oxygen atoms in total. The number of anilines is 3. The maximum Gasteiger partial charge on any atom is 0.416 e. The molecule has 1 aliphatic rings. The second-order valence-corrected chi connectivity index (χ2v) is 5.72. The molecule has 0 spiro atoms. The first kappa shape index (κ1) is 17.7. The van der Waals surface area contributed by atoms with Crippen molar-refractivity contribution in [3.8, 4) is 0 Å². The normalized spacial score (nSPS) is 15.2. The van der Waals surface area contributed by atoms with Crippen LogP contribution in [-0.4, -0.2) is 41.1 Å². The van der Waals surface area contributed by atoms with Gasteiger partial charge in [-0.2, -0.15) is 18.2 Å². The molecule has 0 bridgehead atoms. The van der Waals surface area contributed by atoms with Crippen molar-refractivity contribution in [3.05, 3.63) is 46.1 Å². The van der Waals surface area contributed by atoms with E-state index in [0.717, 1.165) is 18.3 Å². The summed E-state index contributed by atoms with van der Waals surface area (Å²) >= 11 is 0. The van der Waals surface area contributed by atoms with Crippen LogP contribution in [0, 0.1) is 10.1 Å². The van der Waals surface area contributed by atoms with Gasteiger partial charge in [0.1, 0.15) is 6.20 Å². The number of nitrogen functional groups attached to an aromatic ring is 1. The molecule has 2 heterocycles. The smallest absolute Gasteiger partial charge is 0.378 e. The Hall–Kier alpha value is -3.11. The van der Waals surface area contributed by atoms with E-state index < -0.39 is 16.7 Å². The third-order valence-electron chi connectivity index (χ3n) is 4.08. The first-order chi connectivity index (χ1) is 12.3. The lowest BCUT2D eigenvalue weighted by Crippen LogP contribution is -2.47. The minimum Gasteiger partial charge on any atom is -0.378 e. The minimum absolute atomic E-state index is 0.222. The lowest BCUT2D eigenvalue weighted by atomic mass is 10.1. The standard InChI is InChI=1S/C15H15F3N6O2/c16-15(17,18)10-2-1-3-11(8-10)22-4-6-23(7-5-22)14-20-9-12(24(25)26)13(19)21-14/h1-3,8-9H,4-7H2,(H2,19,20,21). The average molecular weight is 368 g/mol. The summed E-state index contributed by atoms with van der Waals surface area (Å²) < 4.78 is 38.5. The fraction of sp³-hybridized carbons (Fsp3) is 0.333. The summed E-state index contributed by atoms with van der Waals surface area (Å²) in [5, 5.41) is 10.8. The first-order valence-electron chi connectivity index (χ1n) is 7.70. The van der Waals surface area contributed by atoms with Gasteiger partial charge < -0.3 is 15.5 Å². The molecule has 0 aliphatic carbocycles. The van der Waals surface area contributed by atoms with Gasteiger partial charge in [0.15, 0.2) is 0 Å². The van der Waals surface area contributed by atoms with E-state index in [0.29, 0.717) is 31.9 Å². The zero-order valence-electron chi connectivity index (χ0n) is 13.5. The Labute approximate surface area is 146 Å². The molecule has 26 heavy (non-hydrogen) atoms. The monoisotopic (exact) mass is 368 g/mol. The van der Waals surface area contributed by atoms with Crippen molar-refractivity contribution in [2.24, 2.45) is 0 Å². The second kappa shape index (κ2) is 6.65. The zero-order valence-corrected chi connectivity index (χ0v) is 13.5. The van der Waals surface area contributed by atoms with Crippen LogP contribution in [0.1, 0.15) is 5.56 Å². The predicted octanol–water partition coefficient (Wildman–Crippen LogP) is 2.31. The molecule has 0 saturated carbocycles. The Morgan fingerprint density at radius 1 is 1.15 bits per heavy atom. The van der Waals surface area contributed by atoms with E-state index in [4.69, 9.17) is 5.73 Å². The molecule has 0 unspecified atom stereocenters. The quantitative estimate of drug-likeness (QED) is 0.655. The molecule has 1 saturated heterocycles. The fourth-order valence-electron chi connectivity index (χ4n) is 2.72. The van der Waals surface area contributed by atoms with Crippen LogP contribution in [0.3, 0.4) is 0 Å². The van der Waals surface area contributed by atoms with Gasteiger partial charge in [-0.25, -0.2) is 4.98 Å². The van der Waals surface area contributed by atoms with Gasteiger partial charge in [0.2, 0.25) is 11.8 Å². The summed E-state index contributed by atoms with van der Waals surface area (Å²) in [5.41, 5.74) is 5.00. The number of hydrogen-bond acceptors (Lipinski definition) is 7. The molecule has 1 fully saturated rings. The number of aromatic nitrogens is 2. The summed E-state index contributed by atoms with van der Waals surface area (Å²) in [4.78, 5) is 21.6. The number of piperazine rings is 1. The van der Waals surface area contributed by atoms with Crippen molar-refractivity contribution in [2.75, 3.05) is 41.7 Å². The Balaban J connectivity index is 1.70. The highest BCUT2D eigenvalue weighted by Gasteiger charge is 2.31. The highest BCUT2D eigenvalue weighted by Crippen LogP contribution is 2.32. The van der Waals surface area contributed by atoms with E-state index in [1.54, 1.807) is 11.0 Å². The van der Waals surface area contributed by atoms with E-state index in [-0.39, 0.29) is 17.5 Å². The number of nitrogens with two attached hydrogens (primary N) is 1. The molecule has 11 heteroatoms. The van der Waals surface area contributed by atoms with Crippen LogP contribution in [0.4, 0.5) is 36.3 Å². The van der Waals surface area contributed by atoms with Crippen molar-refractivity contribution >= 4 is 23.1 Å². The van der Waals surface area contributed by atoms with Gasteiger partial charge in [-0.1, -0.05) is 6.07 Å². The zero-order chi connectivity index (χ0) is 18.9. The van der Waals surface area contributed by atoms with Gasteiger partial charge in [0.05, 0.1) is 10.5 Å². The molecule has 2 aromatic rings. The van der Waals surface area contributed by atoms with Crippen LogP contribution in [-0.2, 0) is 6.18 Å². The molecular formula is C15H15F3N6O2. The lowest BCUT2D eigenvalue weighted by Gasteiger charge is -2.36. The lowest BCUT2D eigenvalue weighted by molar-refractivity contribution is -0.384. The van der Waals surface area contributed by atoms with Crippen molar-refractivity contribution in [1.29, 1.82) is 0 Å². The van der Waals surface area contributed by atoms with Gasteiger partial charge in [-0.15, -0.1) is 0 Å². The van der Waals surface area contributed by atoms with E-state index in [1.807, 2.05) is 4.90 Å². The van der Waals surface area contributed by atoms with Crippen LogP contribution in [0.25, 0.3) is 0 Å². The Bertz CT molecular complexity index is 821. The molecule has 1 aromatic carbocycles. The summed E-state index contributed by atoms with van der Waals surface area (Å²) in [6, 6.07) is 5.17. The molecule has 2 N–H and O–H groups in total. The predicted molar refractivity (Wildman–Crippen MR) is 89.0 cm³/mol. The van der Waals surface area contributed by atoms with Gasteiger partial charge in [-0.3, -0.25) is 10.1 Å². The summed E-state index contributed by atoms with van der Waals surface area (Å²) in [5.74, 6) is 0.0390. The second-order valence-electron chi connectivity index (χ2n) is 5.72. The van der Waals surface area contributed by atoms with Gasteiger partial charge in [0.25, 0.3) is 0 Å². The van der Waals surface area contributed by atoms with Crippen molar-refractivity contribution in [2.45, 2.75) is 6.18 Å². The largest absolute Gasteiger partial charge is 0.416 e. The number of rotatable bonds is 3. The molecule has 0 amide bonds. The number of nitro groups is 1. The Morgan fingerprint density at radius 2 is 1.81 bits per heavy atom. The molecule has 138 valence electrons. The molecule has 1 aromatic heterocycles. The highest BCUT2D eigenvalue weighted by molar-refractivity contribution is 5.55. The number of halogens is 3. The summed E-state index contributed by atoms with van der Waals surface area (Å²) in [6.45, 7) is 1.82. The third kappa shape index (κ3) is 3.60. The van der Waals surface area contributed by atoms with Gasteiger partial charge >= 0.3 is 11.9 Å². The van der Waals surface area contributed by atoms with Crippen LogP contribution in [0.15, 0.2) is 30.5 Å². The highest BCUT2D eigenvalue weighted by atomic mass is 19.4. The maximum absolute atomic E-state index is 12.8. The number of alkyl halides is 3. The fourth-order valence-corrected chi connectivity index (χ4v) is 2.72. The first-order valence-corrected chi connectivity index (χ1v) is 7.70. The maximum atomic E-state index is 12.8. The molecular weight excluding hydrogens is 353 g/mol. The van der Waals surface area contributed by atoms with E-state index in [1.165, 1.54) is 6.07 Å². The molecule has 3 rings (SSSR count). The molecule has 1 aliphatic heterocycles. The van der Waals surface area contributed by atoms with Gasteiger partial charge in [-0.05, 0) is 18.2 Å². The van der Waals surface area contributed by atoms with Crippen LogP contribution in [0.5, 0.6) is 0 Å². The SMILES string of the molecule is Nc1nc(N2CCN(c3cccc(C(F)(F)F)c3)CC2)ncc1[N+](=O)[O-]. The summed E-state index contributed by atoms with van der Waals surface area (Å²) in [6.07, 6.45) is -3.33. The van der Waals surface area contributed by atoms with Crippen molar-refractivity contribution in [3.63, 3.8) is 0 Å². The van der Waals surface area contributed by atoms with E-state index in [2.05, 4.69) is 9.97 Å². The average Bonchev–Trinajstić information content (AvgIpc) is 2.61. The number of benzene rings is 1. The van der Waals surface area contributed by atoms with Crippen LogP contribution in [0.2, 0.25) is 0 Å². The topological polar surface area (TPSA) is 101 Å². The van der Waals surface area contributed by atoms with Crippen LogP contribution < -0.4 is 15.5 Å². The van der Waals surface area contributed by atoms with Crippen LogP contribution >= 0.6 is 0 Å². The van der Waals surface area contributed by atoms with Crippen molar-refractivity contribution in [1.82, 2.24) is 9.97 Å².